The zero-order valence-electron chi connectivity index (χ0n) is 11.0. The molecule has 1 saturated heterocycles. The summed E-state index contributed by atoms with van der Waals surface area (Å²) in [5, 5.41) is 1.67. The third kappa shape index (κ3) is 3.19. The highest BCUT2D eigenvalue weighted by Gasteiger charge is 2.20. The van der Waals surface area contributed by atoms with Crippen LogP contribution in [-0.2, 0) is 5.33 Å². The van der Waals surface area contributed by atoms with Gasteiger partial charge in [-0.05, 0) is 44.6 Å². The van der Waals surface area contributed by atoms with Gasteiger partial charge in [-0.3, -0.25) is 0 Å². The molecule has 100 valence electrons. The number of hydrogen-bond donors (Lipinski definition) is 0. The fourth-order valence-corrected chi connectivity index (χ4v) is 3.37. The quantitative estimate of drug-likeness (QED) is 0.778. The number of rotatable bonds is 3. The van der Waals surface area contributed by atoms with E-state index in [9.17, 15) is 0 Å². The van der Waals surface area contributed by atoms with Gasteiger partial charge in [0.25, 0.3) is 0 Å². The van der Waals surface area contributed by atoms with Gasteiger partial charge in [-0.25, -0.2) is 0 Å². The Hall–Kier alpha value is -0.250. The molecule has 0 N–H and O–H groups in total. The Labute approximate surface area is 123 Å². The summed E-state index contributed by atoms with van der Waals surface area (Å²) in [6.07, 6.45) is 2.45. The van der Waals surface area contributed by atoms with Gasteiger partial charge >= 0.3 is 0 Å². The molecule has 1 aliphatic heterocycles. The van der Waals surface area contributed by atoms with Crippen LogP contribution in [0, 0.1) is 0 Å². The molecule has 1 aromatic carbocycles. The molecule has 1 aliphatic rings. The Morgan fingerprint density at radius 3 is 2.50 bits per heavy atom. The summed E-state index contributed by atoms with van der Waals surface area (Å²) in [4.78, 5) is 4.77. The number of benzene rings is 1. The van der Waals surface area contributed by atoms with Gasteiger partial charge in [-0.2, -0.15) is 0 Å². The van der Waals surface area contributed by atoms with E-state index in [0.717, 1.165) is 35.0 Å². The van der Waals surface area contributed by atoms with Crippen LogP contribution in [0.5, 0.6) is 0 Å². The van der Waals surface area contributed by atoms with Gasteiger partial charge in [-0.15, -0.1) is 0 Å². The SMILES string of the molecule is CN(C)C1CCN(c2ccc(CBr)c(Cl)c2)CC1. The summed E-state index contributed by atoms with van der Waals surface area (Å²) in [7, 11) is 4.34. The molecule has 2 nitrogen and oxygen atoms in total. The molecule has 0 aromatic heterocycles. The van der Waals surface area contributed by atoms with Crippen molar-refractivity contribution in [1.29, 1.82) is 0 Å². The van der Waals surface area contributed by atoms with Crippen molar-refractivity contribution < 1.29 is 0 Å². The molecule has 1 aromatic rings. The predicted molar refractivity (Wildman–Crippen MR) is 83.0 cm³/mol. The normalized spacial score (nSPS) is 17.5. The first kappa shape index (κ1) is 14.2. The minimum atomic E-state index is 0.721. The highest BCUT2D eigenvalue weighted by Crippen LogP contribution is 2.27. The molecule has 1 fully saturated rings. The fraction of sp³-hybridized carbons (Fsp3) is 0.571. The van der Waals surface area contributed by atoms with Gasteiger partial charge in [0.2, 0.25) is 0 Å². The molecule has 0 aliphatic carbocycles. The molecule has 0 saturated carbocycles. The zero-order valence-corrected chi connectivity index (χ0v) is 13.3. The van der Waals surface area contributed by atoms with Crippen LogP contribution in [0.1, 0.15) is 18.4 Å². The maximum Gasteiger partial charge on any atom is 0.0467 e. The molecule has 0 unspecified atom stereocenters. The molecule has 2 rings (SSSR count). The number of halogens is 2. The van der Waals surface area contributed by atoms with Crippen LogP contribution in [0.15, 0.2) is 18.2 Å². The Morgan fingerprint density at radius 1 is 1.33 bits per heavy atom. The molecule has 0 spiro atoms. The number of alkyl halides is 1. The van der Waals surface area contributed by atoms with Crippen LogP contribution < -0.4 is 4.90 Å². The van der Waals surface area contributed by atoms with E-state index in [0.29, 0.717) is 0 Å². The molecule has 0 bridgehead atoms. The summed E-state index contributed by atoms with van der Waals surface area (Å²) in [6.45, 7) is 2.24. The largest absolute Gasteiger partial charge is 0.371 e. The zero-order chi connectivity index (χ0) is 13.1. The Kier molecular flexibility index (Phi) is 4.93. The summed E-state index contributed by atoms with van der Waals surface area (Å²) < 4.78 is 0. The number of piperidine rings is 1. The van der Waals surface area contributed by atoms with Gasteiger partial charge in [-0.1, -0.05) is 33.6 Å². The van der Waals surface area contributed by atoms with E-state index < -0.39 is 0 Å². The summed E-state index contributed by atoms with van der Waals surface area (Å²) in [6, 6.07) is 7.11. The number of anilines is 1. The first-order valence-electron chi connectivity index (χ1n) is 6.37. The second kappa shape index (κ2) is 6.27. The topological polar surface area (TPSA) is 6.48 Å². The average molecular weight is 332 g/mol. The average Bonchev–Trinajstić information content (AvgIpc) is 2.38. The van der Waals surface area contributed by atoms with Crippen molar-refractivity contribution >= 4 is 33.2 Å². The maximum atomic E-state index is 6.26. The molecule has 0 amide bonds. The molecule has 0 radical (unpaired) electrons. The van der Waals surface area contributed by atoms with Crippen molar-refractivity contribution in [3.05, 3.63) is 28.8 Å². The first-order valence-corrected chi connectivity index (χ1v) is 7.87. The molecular weight excluding hydrogens is 312 g/mol. The van der Waals surface area contributed by atoms with E-state index >= 15 is 0 Å². The smallest absolute Gasteiger partial charge is 0.0467 e. The van der Waals surface area contributed by atoms with Crippen molar-refractivity contribution in [2.24, 2.45) is 0 Å². The standard InChI is InChI=1S/C14H20BrClN2/c1-17(2)12-5-7-18(8-6-12)13-4-3-11(10-15)14(16)9-13/h3-4,9,12H,5-8,10H2,1-2H3. The van der Waals surface area contributed by atoms with Crippen molar-refractivity contribution in [1.82, 2.24) is 4.90 Å². The van der Waals surface area contributed by atoms with Gasteiger partial charge in [0.05, 0.1) is 0 Å². The third-order valence-corrected chi connectivity index (χ3v) is 4.70. The summed E-state index contributed by atoms with van der Waals surface area (Å²) >= 11 is 9.71. The minimum absolute atomic E-state index is 0.721. The summed E-state index contributed by atoms with van der Waals surface area (Å²) in [5.74, 6) is 0. The lowest BCUT2D eigenvalue weighted by molar-refractivity contribution is 0.249. The summed E-state index contributed by atoms with van der Waals surface area (Å²) in [5.41, 5.74) is 2.41. The van der Waals surface area contributed by atoms with Crippen LogP contribution in [0.4, 0.5) is 5.69 Å². The first-order chi connectivity index (χ1) is 8.61. The molecular formula is C14H20BrClN2. The van der Waals surface area contributed by atoms with Crippen LogP contribution in [0.2, 0.25) is 5.02 Å². The lowest BCUT2D eigenvalue weighted by Crippen LogP contribution is -2.41. The minimum Gasteiger partial charge on any atom is -0.371 e. The van der Waals surface area contributed by atoms with Gasteiger partial charge in [0.15, 0.2) is 0 Å². The van der Waals surface area contributed by atoms with E-state index in [1.165, 1.54) is 18.5 Å². The number of hydrogen-bond acceptors (Lipinski definition) is 2. The Balaban J connectivity index is 2.03. The van der Waals surface area contributed by atoms with E-state index in [1.54, 1.807) is 0 Å². The molecule has 4 heteroatoms. The van der Waals surface area contributed by atoms with Crippen LogP contribution in [-0.4, -0.2) is 38.1 Å². The van der Waals surface area contributed by atoms with E-state index in [2.05, 4.69) is 58.0 Å². The van der Waals surface area contributed by atoms with E-state index in [-0.39, 0.29) is 0 Å². The maximum absolute atomic E-state index is 6.26. The predicted octanol–water partition coefficient (Wildman–Crippen LogP) is 3.77. The van der Waals surface area contributed by atoms with Crippen molar-refractivity contribution in [2.45, 2.75) is 24.2 Å². The van der Waals surface area contributed by atoms with E-state index in [4.69, 9.17) is 11.6 Å². The Morgan fingerprint density at radius 2 is 2.00 bits per heavy atom. The van der Waals surface area contributed by atoms with Crippen LogP contribution >= 0.6 is 27.5 Å². The van der Waals surface area contributed by atoms with Crippen molar-refractivity contribution in [2.75, 3.05) is 32.1 Å². The third-order valence-electron chi connectivity index (χ3n) is 3.74. The molecule has 18 heavy (non-hydrogen) atoms. The van der Waals surface area contributed by atoms with Crippen LogP contribution in [0.25, 0.3) is 0 Å². The fourth-order valence-electron chi connectivity index (χ4n) is 2.48. The molecule has 1 heterocycles. The van der Waals surface area contributed by atoms with Gasteiger partial charge in [0.1, 0.15) is 0 Å². The van der Waals surface area contributed by atoms with Crippen molar-refractivity contribution in [3.63, 3.8) is 0 Å². The van der Waals surface area contributed by atoms with E-state index in [1.807, 2.05) is 0 Å². The second-order valence-corrected chi connectivity index (χ2v) is 6.06. The lowest BCUT2D eigenvalue weighted by Gasteiger charge is -2.36. The highest BCUT2D eigenvalue weighted by atomic mass is 79.9. The van der Waals surface area contributed by atoms with Crippen molar-refractivity contribution in [3.8, 4) is 0 Å². The van der Waals surface area contributed by atoms with Gasteiger partial charge < -0.3 is 9.80 Å². The van der Waals surface area contributed by atoms with Gasteiger partial charge in [0, 0.05) is 35.2 Å². The molecule has 0 atom stereocenters. The lowest BCUT2D eigenvalue weighted by atomic mass is 10.0. The monoisotopic (exact) mass is 330 g/mol. The Bertz CT molecular complexity index is 401. The number of nitrogens with zero attached hydrogens (tertiary/aromatic N) is 2. The van der Waals surface area contributed by atoms with Crippen LogP contribution in [0.3, 0.4) is 0 Å². The second-order valence-electron chi connectivity index (χ2n) is 5.09. The highest BCUT2D eigenvalue weighted by molar-refractivity contribution is 9.08.